The average Bonchev–Trinajstić information content (AvgIpc) is 3.40. The largest absolute Gasteiger partial charge is 0.382 e. The summed E-state index contributed by atoms with van der Waals surface area (Å²) in [7, 11) is 0. The van der Waals surface area contributed by atoms with Gasteiger partial charge in [0.1, 0.15) is 23.8 Å². The Morgan fingerprint density at radius 3 is 2.28 bits per heavy atom. The zero-order valence-electron chi connectivity index (χ0n) is 19.5. The van der Waals surface area contributed by atoms with E-state index in [-0.39, 0.29) is 11.6 Å². The lowest BCUT2D eigenvalue weighted by molar-refractivity contribution is 0.524. The van der Waals surface area contributed by atoms with E-state index in [4.69, 9.17) is 0 Å². The first-order valence-electron chi connectivity index (χ1n) is 12.0. The summed E-state index contributed by atoms with van der Waals surface area (Å²) in [4.78, 5) is 11.4. The lowest BCUT2D eigenvalue weighted by Crippen LogP contribution is -2.39. The van der Waals surface area contributed by atoms with Gasteiger partial charge in [0.25, 0.3) is 0 Å². The normalized spacial score (nSPS) is 14.3. The summed E-state index contributed by atoms with van der Waals surface area (Å²) in [5.41, 5.74) is 5.33. The van der Waals surface area contributed by atoms with Gasteiger partial charge in [-0.3, -0.25) is 5.10 Å². The van der Waals surface area contributed by atoms with Gasteiger partial charge in [-0.1, -0.05) is 6.07 Å². The van der Waals surface area contributed by atoms with Crippen molar-refractivity contribution in [3.05, 3.63) is 90.9 Å². The van der Waals surface area contributed by atoms with Crippen LogP contribution in [0.5, 0.6) is 0 Å². The molecule has 36 heavy (non-hydrogen) atoms. The number of hydrogen-bond acceptors (Lipinski definition) is 5. The zero-order chi connectivity index (χ0) is 24.5. The maximum atomic E-state index is 13.4. The third kappa shape index (κ3) is 4.37. The number of benzene rings is 3. The Bertz CT molecular complexity index is 1490. The van der Waals surface area contributed by atoms with E-state index in [2.05, 4.69) is 36.4 Å². The Kier molecular flexibility index (Phi) is 5.77. The van der Waals surface area contributed by atoms with Crippen LogP contribution in [-0.2, 0) is 0 Å². The number of nitrogens with one attached hydrogen (secondary N) is 2. The lowest BCUT2D eigenvalue weighted by Gasteiger charge is -2.34. The molecule has 0 saturated carbocycles. The van der Waals surface area contributed by atoms with Crippen LogP contribution < -0.4 is 10.2 Å². The minimum absolute atomic E-state index is 0.231. The standard InChI is InChI=1S/C28H24F2N6/c29-20-4-1-18(2-5-20)27-25(16-33-35-27)19-3-10-26-24(15-19)28(32-17-31-26)36-13-11-23(12-14-36)34-22-8-6-21(30)7-9-22/h1-10,15-17,23,34H,11-14H2,(H,33,35). The predicted molar refractivity (Wildman–Crippen MR) is 138 cm³/mol. The van der Waals surface area contributed by atoms with Crippen molar-refractivity contribution in [1.29, 1.82) is 0 Å². The Labute approximate surface area is 207 Å². The van der Waals surface area contributed by atoms with Crippen LogP contribution in [-0.4, -0.2) is 39.3 Å². The Hall–Kier alpha value is -4.33. The maximum Gasteiger partial charge on any atom is 0.139 e. The van der Waals surface area contributed by atoms with E-state index < -0.39 is 0 Å². The number of fused-ring (bicyclic) bond motifs is 1. The molecule has 2 aromatic heterocycles. The Balaban J connectivity index is 1.26. The van der Waals surface area contributed by atoms with E-state index in [0.717, 1.165) is 70.7 Å². The molecule has 8 heteroatoms. The van der Waals surface area contributed by atoms with Crippen LogP contribution in [0.2, 0.25) is 0 Å². The summed E-state index contributed by atoms with van der Waals surface area (Å²) >= 11 is 0. The fourth-order valence-electron chi connectivity index (χ4n) is 4.82. The number of H-pyrrole nitrogens is 1. The van der Waals surface area contributed by atoms with E-state index in [1.165, 1.54) is 24.3 Å². The molecule has 1 fully saturated rings. The van der Waals surface area contributed by atoms with E-state index in [0.29, 0.717) is 6.04 Å². The molecule has 0 spiro atoms. The highest BCUT2D eigenvalue weighted by Gasteiger charge is 2.22. The number of rotatable bonds is 5. The zero-order valence-corrected chi connectivity index (χ0v) is 19.5. The van der Waals surface area contributed by atoms with E-state index >= 15 is 0 Å². The molecular formula is C28H24F2N6. The molecule has 2 N–H and O–H groups in total. The molecule has 3 heterocycles. The summed E-state index contributed by atoms with van der Waals surface area (Å²) in [6, 6.07) is 19.3. The molecular weight excluding hydrogens is 458 g/mol. The third-order valence-corrected chi connectivity index (χ3v) is 6.69. The quantitative estimate of drug-likeness (QED) is 0.319. The number of anilines is 2. The smallest absolute Gasteiger partial charge is 0.139 e. The van der Waals surface area contributed by atoms with Crippen molar-refractivity contribution in [2.75, 3.05) is 23.3 Å². The van der Waals surface area contributed by atoms with Gasteiger partial charge in [0.2, 0.25) is 0 Å². The van der Waals surface area contributed by atoms with Gasteiger partial charge in [-0.2, -0.15) is 5.10 Å². The fraction of sp³-hybridized carbons (Fsp3) is 0.179. The van der Waals surface area contributed by atoms with E-state index in [1.807, 2.05) is 18.3 Å². The van der Waals surface area contributed by atoms with Crippen molar-refractivity contribution in [1.82, 2.24) is 20.2 Å². The summed E-state index contributed by atoms with van der Waals surface area (Å²) in [5.74, 6) is 0.402. The maximum absolute atomic E-state index is 13.4. The van der Waals surface area contributed by atoms with Crippen molar-refractivity contribution >= 4 is 22.4 Å². The second-order valence-corrected chi connectivity index (χ2v) is 9.00. The number of aromatic amines is 1. The first kappa shape index (κ1) is 22.2. The second-order valence-electron chi connectivity index (χ2n) is 9.00. The van der Waals surface area contributed by atoms with Crippen LogP contribution in [0.25, 0.3) is 33.3 Å². The molecule has 3 aromatic carbocycles. The first-order valence-corrected chi connectivity index (χ1v) is 12.0. The molecule has 0 amide bonds. The van der Waals surface area contributed by atoms with Crippen LogP contribution in [0.3, 0.4) is 0 Å². The molecule has 0 atom stereocenters. The minimum atomic E-state index is -0.278. The number of piperidine rings is 1. The van der Waals surface area contributed by atoms with Gasteiger partial charge in [0.05, 0.1) is 11.2 Å². The van der Waals surface area contributed by atoms with Crippen molar-refractivity contribution in [3.63, 3.8) is 0 Å². The van der Waals surface area contributed by atoms with Crippen LogP contribution in [0.4, 0.5) is 20.3 Å². The number of hydrogen-bond donors (Lipinski definition) is 2. The predicted octanol–water partition coefficient (Wildman–Crippen LogP) is 6.05. The number of aromatic nitrogens is 4. The molecule has 0 unspecified atom stereocenters. The van der Waals surface area contributed by atoms with Gasteiger partial charge >= 0.3 is 0 Å². The molecule has 5 aromatic rings. The van der Waals surface area contributed by atoms with Crippen molar-refractivity contribution < 1.29 is 8.78 Å². The molecule has 0 bridgehead atoms. The minimum Gasteiger partial charge on any atom is -0.382 e. The second kappa shape index (κ2) is 9.37. The van der Waals surface area contributed by atoms with Crippen molar-refractivity contribution in [3.8, 4) is 22.4 Å². The van der Waals surface area contributed by atoms with Crippen LogP contribution in [0.1, 0.15) is 12.8 Å². The SMILES string of the molecule is Fc1ccc(NC2CCN(c3ncnc4ccc(-c5c[nH]nc5-c5ccc(F)cc5)cc34)CC2)cc1. The van der Waals surface area contributed by atoms with Crippen molar-refractivity contribution in [2.24, 2.45) is 0 Å². The van der Waals surface area contributed by atoms with Gasteiger partial charge in [-0.05, 0) is 79.1 Å². The molecule has 1 aliphatic rings. The Morgan fingerprint density at radius 1 is 0.833 bits per heavy atom. The highest BCUT2D eigenvalue weighted by atomic mass is 19.1. The molecule has 0 radical (unpaired) electrons. The van der Waals surface area contributed by atoms with Gasteiger partial charge < -0.3 is 10.2 Å². The molecule has 1 saturated heterocycles. The molecule has 0 aliphatic carbocycles. The van der Waals surface area contributed by atoms with Gasteiger partial charge in [-0.15, -0.1) is 0 Å². The topological polar surface area (TPSA) is 69.7 Å². The highest BCUT2D eigenvalue weighted by molar-refractivity contribution is 5.94. The average molecular weight is 483 g/mol. The van der Waals surface area contributed by atoms with E-state index in [9.17, 15) is 8.78 Å². The van der Waals surface area contributed by atoms with Gasteiger partial charge in [0.15, 0.2) is 0 Å². The summed E-state index contributed by atoms with van der Waals surface area (Å²) in [6.45, 7) is 1.70. The third-order valence-electron chi connectivity index (χ3n) is 6.69. The number of halogens is 2. The molecule has 180 valence electrons. The monoisotopic (exact) mass is 482 g/mol. The summed E-state index contributed by atoms with van der Waals surface area (Å²) in [5, 5.41) is 11.9. The molecule has 1 aliphatic heterocycles. The highest BCUT2D eigenvalue weighted by Crippen LogP contribution is 2.34. The summed E-state index contributed by atoms with van der Waals surface area (Å²) in [6.07, 6.45) is 5.36. The molecule has 6 nitrogen and oxygen atoms in total. The van der Waals surface area contributed by atoms with Crippen LogP contribution in [0, 0.1) is 11.6 Å². The first-order chi connectivity index (χ1) is 17.6. The van der Waals surface area contributed by atoms with E-state index in [1.54, 1.807) is 30.6 Å². The number of nitrogens with zero attached hydrogens (tertiary/aromatic N) is 4. The van der Waals surface area contributed by atoms with Crippen LogP contribution in [0.15, 0.2) is 79.3 Å². The summed E-state index contributed by atoms with van der Waals surface area (Å²) < 4.78 is 26.6. The molecule has 6 rings (SSSR count). The fourth-order valence-corrected chi connectivity index (χ4v) is 4.82. The van der Waals surface area contributed by atoms with Gasteiger partial charge in [-0.25, -0.2) is 18.7 Å². The Morgan fingerprint density at radius 2 is 1.53 bits per heavy atom. The van der Waals surface area contributed by atoms with Crippen LogP contribution >= 0.6 is 0 Å². The lowest BCUT2D eigenvalue weighted by atomic mass is 9.99. The van der Waals surface area contributed by atoms with Gasteiger partial charge in [0, 0.05) is 47.5 Å². The van der Waals surface area contributed by atoms with Crippen molar-refractivity contribution in [2.45, 2.75) is 18.9 Å².